The molecule has 1 saturated heterocycles. The number of nitrogens with zero attached hydrogens (tertiary/aromatic N) is 4. The molecule has 0 unspecified atom stereocenters. The Kier molecular flexibility index (Phi) is 2.62. The molecule has 1 aliphatic heterocycles. The zero-order valence-corrected chi connectivity index (χ0v) is 9.69. The molecule has 0 aromatic carbocycles. The van der Waals surface area contributed by atoms with E-state index in [0.29, 0.717) is 17.0 Å². The zero-order valence-electron chi connectivity index (χ0n) is 9.69. The number of aliphatic hydroxyl groups excluding tert-OH is 2. The fourth-order valence-electron chi connectivity index (χ4n) is 2.05. The Hall–Kier alpha value is -1.77. The number of anilines is 1. The monoisotopic (exact) mass is 251 g/mol. The van der Waals surface area contributed by atoms with Crippen molar-refractivity contribution < 1.29 is 14.9 Å². The average molecular weight is 251 g/mol. The summed E-state index contributed by atoms with van der Waals surface area (Å²) in [7, 11) is 1.74. The standard InChI is InChI=1S/C10H13N5O3/c1-11-8-6-9(13-3-12-8)15(4-14-6)10-7(17)5(16)2-18-10/h3-5,7,10,16-17H,2H2,1H3,(H,11,12,13)/t5-,7-,10-/m1/s1. The lowest BCUT2D eigenvalue weighted by Crippen LogP contribution is -2.28. The second-order valence-electron chi connectivity index (χ2n) is 4.08. The predicted molar refractivity (Wildman–Crippen MR) is 61.9 cm³/mol. The number of fused-ring (bicyclic) bond motifs is 1. The van der Waals surface area contributed by atoms with E-state index in [0.717, 1.165) is 0 Å². The van der Waals surface area contributed by atoms with E-state index in [1.54, 1.807) is 11.6 Å². The first kappa shape index (κ1) is 11.3. The normalized spacial score (nSPS) is 27.8. The zero-order chi connectivity index (χ0) is 12.7. The summed E-state index contributed by atoms with van der Waals surface area (Å²) in [6.45, 7) is 0.0927. The van der Waals surface area contributed by atoms with Crippen molar-refractivity contribution in [3.05, 3.63) is 12.7 Å². The Morgan fingerprint density at radius 2 is 2.22 bits per heavy atom. The highest BCUT2D eigenvalue weighted by Crippen LogP contribution is 2.28. The van der Waals surface area contributed by atoms with Crippen LogP contribution in [0.2, 0.25) is 0 Å². The maximum absolute atomic E-state index is 9.83. The molecule has 1 aliphatic rings. The van der Waals surface area contributed by atoms with E-state index in [1.807, 2.05) is 0 Å². The van der Waals surface area contributed by atoms with Crippen LogP contribution in [0.15, 0.2) is 12.7 Å². The van der Waals surface area contributed by atoms with Crippen LogP contribution in [-0.2, 0) is 4.74 Å². The quantitative estimate of drug-likeness (QED) is 0.636. The second-order valence-corrected chi connectivity index (χ2v) is 4.08. The van der Waals surface area contributed by atoms with Crippen molar-refractivity contribution in [3.8, 4) is 0 Å². The van der Waals surface area contributed by atoms with Gasteiger partial charge >= 0.3 is 0 Å². The first-order valence-electron chi connectivity index (χ1n) is 5.55. The number of imidazole rings is 1. The van der Waals surface area contributed by atoms with Gasteiger partial charge in [-0.3, -0.25) is 4.57 Å². The molecule has 0 radical (unpaired) electrons. The van der Waals surface area contributed by atoms with Crippen molar-refractivity contribution in [1.29, 1.82) is 0 Å². The van der Waals surface area contributed by atoms with Crippen molar-refractivity contribution in [2.75, 3.05) is 19.0 Å². The van der Waals surface area contributed by atoms with Crippen molar-refractivity contribution in [2.45, 2.75) is 18.4 Å². The molecule has 8 heteroatoms. The third-order valence-corrected chi connectivity index (χ3v) is 2.99. The van der Waals surface area contributed by atoms with Gasteiger partial charge in [0, 0.05) is 7.05 Å². The summed E-state index contributed by atoms with van der Waals surface area (Å²) in [6, 6.07) is 0. The second kappa shape index (κ2) is 4.16. The molecule has 0 saturated carbocycles. The first-order chi connectivity index (χ1) is 8.72. The fraction of sp³-hybridized carbons (Fsp3) is 0.500. The minimum Gasteiger partial charge on any atom is -0.388 e. The lowest BCUT2D eigenvalue weighted by Gasteiger charge is -2.16. The summed E-state index contributed by atoms with van der Waals surface area (Å²) in [5.41, 5.74) is 1.14. The molecule has 0 amide bonds. The van der Waals surface area contributed by atoms with Gasteiger partial charge in [0.1, 0.15) is 24.1 Å². The third-order valence-electron chi connectivity index (χ3n) is 2.99. The maximum atomic E-state index is 9.83. The van der Waals surface area contributed by atoms with Crippen LogP contribution in [0.4, 0.5) is 5.82 Å². The van der Waals surface area contributed by atoms with Crippen LogP contribution in [0.25, 0.3) is 11.2 Å². The number of aromatic nitrogens is 4. The summed E-state index contributed by atoms with van der Waals surface area (Å²) in [5.74, 6) is 0.604. The summed E-state index contributed by atoms with van der Waals surface area (Å²) in [6.07, 6.45) is 0.369. The molecule has 2 aromatic rings. The molecule has 0 spiro atoms. The van der Waals surface area contributed by atoms with Gasteiger partial charge in [-0.2, -0.15) is 0 Å². The highest BCUT2D eigenvalue weighted by atomic mass is 16.5. The minimum absolute atomic E-state index is 0.0927. The Bertz CT molecular complexity index is 572. The number of nitrogens with one attached hydrogen (secondary N) is 1. The summed E-state index contributed by atoms with van der Waals surface area (Å²) in [5, 5.41) is 22.2. The molecule has 3 heterocycles. The number of ether oxygens (including phenoxy) is 1. The van der Waals surface area contributed by atoms with Crippen LogP contribution in [0.1, 0.15) is 6.23 Å². The molecule has 96 valence electrons. The van der Waals surface area contributed by atoms with E-state index in [2.05, 4.69) is 20.3 Å². The predicted octanol–water partition coefficient (Wildman–Crippen LogP) is -0.881. The van der Waals surface area contributed by atoms with E-state index < -0.39 is 18.4 Å². The van der Waals surface area contributed by atoms with Crippen LogP contribution >= 0.6 is 0 Å². The third kappa shape index (κ3) is 1.54. The molecule has 2 aromatic heterocycles. The van der Waals surface area contributed by atoms with Gasteiger partial charge in [-0.05, 0) is 0 Å². The van der Waals surface area contributed by atoms with E-state index in [1.165, 1.54) is 12.7 Å². The molecule has 0 aliphatic carbocycles. The SMILES string of the molecule is CNc1ncnc2c1ncn2[C@@H]1OC[C@@H](O)[C@H]1O. The van der Waals surface area contributed by atoms with Crippen molar-refractivity contribution in [3.63, 3.8) is 0 Å². The molecular weight excluding hydrogens is 238 g/mol. The van der Waals surface area contributed by atoms with Crippen molar-refractivity contribution in [2.24, 2.45) is 0 Å². The molecule has 3 rings (SSSR count). The number of aliphatic hydroxyl groups is 2. The van der Waals surface area contributed by atoms with Gasteiger partial charge in [-0.25, -0.2) is 15.0 Å². The summed E-state index contributed by atoms with van der Waals surface area (Å²) < 4.78 is 6.94. The fourth-order valence-corrected chi connectivity index (χ4v) is 2.05. The lowest BCUT2D eigenvalue weighted by molar-refractivity contribution is -0.0162. The van der Waals surface area contributed by atoms with Gasteiger partial charge in [0.2, 0.25) is 0 Å². The summed E-state index contributed by atoms with van der Waals surface area (Å²) in [4.78, 5) is 12.4. The largest absolute Gasteiger partial charge is 0.388 e. The van der Waals surface area contributed by atoms with Crippen LogP contribution < -0.4 is 5.32 Å². The topological polar surface area (TPSA) is 105 Å². The Morgan fingerprint density at radius 3 is 2.89 bits per heavy atom. The van der Waals surface area contributed by atoms with Gasteiger partial charge < -0.3 is 20.3 Å². The highest BCUT2D eigenvalue weighted by molar-refractivity contribution is 5.82. The van der Waals surface area contributed by atoms with Crippen LogP contribution in [0.3, 0.4) is 0 Å². The van der Waals surface area contributed by atoms with Crippen molar-refractivity contribution >= 4 is 17.0 Å². The molecule has 1 fully saturated rings. The van der Waals surface area contributed by atoms with Gasteiger partial charge in [-0.1, -0.05) is 0 Å². The van der Waals surface area contributed by atoms with Crippen LogP contribution in [-0.4, -0.2) is 55.6 Å². The lowest BCUT2D eigenvalue weighted by atomic mass is 10.2. The van der Waals surface area contributed by atoms with E-state index in [-0.39, 0.29) is 6.61 Å². The average Bonchev–Trinajstić information content (AvgIpc) is 2.94. The Morgan fingerprint density at radius 1 is 1.39 bits per heavy atom. The maximum Gasteiger partial charge on any atom is 0.167 e. The van der Waals surface area contributed by atoms with Crippen LogP contribution in [0, 0.1) is 0 Å². The van der Waals surface area contributed by atoms with Gasteiger partial charge in [0.05, 0.1) is 12.9 Å². The Balaban J connectivity index is 2.08. The van der Waals surface area contributed by atoms with E-state index >= 15 is 0 Å². The minimum atomic E-state index is -0.990. The first-order valence-corrected chi connectivity index (χ1v) is 5.55. The van der Waals surface area contributed by atoms with Crippen LogP contribution in [0.5, 0.6) is 0 Å². The Labute approximate surface area is 102 Å². The van der Waals surface area contributed by atoms with Gasteiger partial charge in [0.25, 0.3) is 0 Å². The number of rotatable bonds is 2. The highest BCUT2D eigenvalue weighted by Gasteiger charge is 2.36. The summed E-state index contributed by atoms with van der Waals surface area (Å²) >= 11 is 0. The van der Waals surface area contributed by atoms with E-state index in [9.17, 15) is 10.2 Å². The molecule has 18 heavy (non-hydrogen) atoms. The molecule has 3 N–H and O–H groups in total. The van der Waals surface area contributed by atoms with E-state index in [4.69, 9.17) is 4.74 Å². The van der Waals surface area contributed by atoms with Gasteiger partial charge in [-0.15, -0.1) is 0 Å². The van der Waals surface area contributed by atoms with Crippen molar-refractivity contribution in [1.82, 2.24) is 19.5 Å². The molecule has 0 bridgehead atoms. The molecular formula is C10H13N5O3. The molecule has 3 atom stereocenters. The van der Waals surface area contributed by atoms with Gasteiger partial charge in [0.15, 0.2) is 17.7 Å². The smallest absolute Gasteiger partial charge is 0.167 e. The number of hydrogen-bond donors (Lipinski definition) is 3. The number of hydrogen-bond acceptors (Lipinski definition) is 7. The molecule has 8 nitrogen and oxygen atoms in total.